The van der Waals surface area contributed by atoms with Crippen molar-refractivity contribution >= 4 is 28.3 Å². The van der Waals surface area contributed by atoms with Crippen LogP contribution in [0.25, 0.3) is 16.7 Å². The van der Waals surface area contributed by atoms with Gasteiger partial charge >= 0.3 is 0 Å². The monoisotopic (exact) mass is 442 g/mol. The molecule has 7 heteroatoms. The maximum atomic E-state index is 9.31. The first-order valence-corrected chi connectivity index (χ1v) is 11.6. The van der Waals surface area contributed by atoms with E-state index in [9.17, 15) is 5.11 Å². The molecule has 2 N–H and O–H groups in total. The summed E-state index contributed by atoms with van der Waals surface area (Å²) in [6, 6.07) is 2.33. The molecule has 0 radical (unpaired) electrons. The van der Waals surface area contributed by atoms with Gasteiger partial charge in [-0.2, -0.15) is 4.98 Å². The van der Waals surface area contributed by atoms with Crippen LogP contribution in [0.15, 0.2) is 36.6 Å². The lowest BCUT2D eigenvalue weighted by Gasteiger charge is -2.26. The number of aromatic amines is 1. The summed E-state index contributed by atoms with van der Waals surface area (Å²) >= 11 is 6.57. The van der Waals surface area contributed by atoms with E-state index in [1.165, 1.54) is 12.8 Å². The molecule has 31 heavy (non-hydrogen) atoms. The zero-order valence-corrected chi connectivity index (χ0v) is 18.9. The lowest BCUT2D eigenvalue weighted by molar-refractivity contribution is 0.0976. The zero-order valence-electron chi connectivity index (χ0n) is 18.1. The Labute approximate surface area is 188 Å². The normalized spacial score (nSPS) is 22.5. The van der Waals surface area contributed by atoms with Crippen LogP contribution in [0, 0.1) is 5.92 Å². The molecule has 0 aromatic carbocycles. The number of aliphatic hydroxyl groups excluding tert-OH is 1. The van der Waals surface area contributed by atoms with Gasteiger partial charge in [0.1, 0.15) is 6.10 Å². The Morgan fingerprint density at radius 2 is 2.00 bits per heavy atom. The molecule has 1 aliphatic carbocycles. The molecule has 2 aromatic heterocycles. The standard InChI is InChI=1S/C24H31ClN4O2/c1-3-18(9-6-16(2)29-12-4-5-13-29)22-20(25)14-21-23(27-22)28-24(26-21)31-19-10-7-17(15-30)8-11-19/h3,6,9,14,17,19,30H,2,4-5,7-8,10-13,15H2,1H3,(H,26,27,28)/b9-6-,18-3+. The molecule has 4 rings (SSSR count). The lowest BCUT2D eigenvalue weighted by atomic mass is 9.88. The summed E-state index contributed by atoms with van der Waals surface area (Å²) < 4.78 is 6.06. The van der Waals surface area contributed by atoms with Crippen LogP contribution >= 0.6 is 11.6 Å². The molecule has 0 amide bonds. The third-order valence-electron chi connectivity index (χ3n) is 6.29. The van der Waals surface area contributed by atoms with Gasteiger partial charge in [0.05, 0.1) is 16.2 Å². The largest absolute Gasteiger partial charge is 0.461 e. The third kappa shape index (κ3) is 5.13. The van der Waals surface area contributed by atoms with Crippen LogP contribution in [0.4, 0.5) is 0 Å². The first-order valence-electron chi connectivity index (χ1n) is 11.2. The number of aliphatic hydroxyl groups is 1. The van der Waals surface area contributed by atoms with Gasteiger partial charge in [-0.1, -0.05) is 30.3 Å². The molecule has 1 saturated heterocycles. The highest BCUT2D eigenvalue weighted by atomic mass is 35.5. The van der Waals surface area contributed by atoms with E-state index < -0.39 is 0 Å². The molecular weight excluding hydrogens is 412 g/mol. The molecule has 6 nitrogen and oxygen atoms in total. The van der Waals surface area contributed by atoms with E-state index in [2.05, 4.69) is 21.4 Å². The van der Waals surface area contributed by atoms with Crippen LogP contribution in [0.1, 0.15) is 51.1 Å². The van der Waals surface area contributed by atoms with Crippen molar-refractivity contribution in [1.29, 1.82) is 0 Å². The van der Waals surface area contributed by atoms with Gasteiger partial charge in [-0.3, -0.25) is 0 Å². The Hall–Kier alpha value is -2.31. The summed E-state index contributed by atoms with van der Waals surface area (Å²) in [4.78, 5) is 14.8. The first-order chi connectivity index (χ1) is 15.1. The molecule has 2 aromatic rings. The number of pyridine rings is 1. The number of aromatic nitrogens is 3. The van der Waals surface area contributed by atoms with E-state index in [4.69, 9.17) is 21.3 Å². The highest BCUT2D eigenvalue weighted by Gasteiger charge is 2.23. The number of rotatable bonds is 7. The Bertz CT molecular complexity index is 983. The number of imidazole rings is 1. The molecule has 0 spiro atoms. The minimum absolute atomic E-state index is 0.115. The van der Waals surface area contributed by atoms with Gasteiger partial charge in [0.2, 0.25) is 0 Å². The summed E-state index contributed by atoms with van der Waals surface area (Å²) in [6.45, 7) is 8.56. The smallest absolute Gasteiger partial charge is 0.296 e. The predicted molar refractivity (Wildman–Crippen MR) is 125 cm³/mol. The molecule has 2 aliphatic rings. The van der Waals surface area contributed by atoms with Gasteiger partial charge < -0.3 is 19.7 Å². The second-order valence-corrected chi connectivity index (χ2v) is 8.85. The fourth-order valence-electron chi connectivity index (χ4n) is 4.35. The Morgan fingerprint density at radius 1 is 1.26 bits per heavy atom. The number of likely N-dealkylation sites (tertiary alicyclic amines) is 1. The predicted octanol–water partition coefficient (Wildman–Crippen LogP) is 5.11. The van der Waals surface area contributed by atoms with Crippen LogP contribution in [-0.4, -0.2) is 50.8 Å². The van der Waals surface area contributed by atoms with Crippen LogP contribution in [0.2, 0.25) is 5.02 Å². The SMILES string of the molecule is C=C(/C=C\C(=C/C)c1nc2nc(OC3CCC(CO)CC3)[nH]c2cc1Cl)N1CCCC1. The molecule has 0 bridgehead atoms. The van der Waals surface area contributed by atoms with Crippen LogP contribution in [-0.2, 0) is 0 Å². The number of hydrogen-bond acceptors (Lipinski definition) is 5. The van der Waals surface area contributed by atoms with Crippen molar-refractivity contribution in [3.63, 3.8) is 0 Å². The van der Waals surface area contributed by atoms with Crippen molar-refractivity contribution in [1.82, 2.24) is 19.9 Å². The van der Waals surface area contributed by atoms with Crippen LogP contribution in [0.5, 0.6) is 6.01 Å². The number of allylic oxidation sites excluding steroid dienone is 4. The van der Waals surface area contributed by atoms with Gasteiger partial charge in [0.25, 0.3) is 6.01 Å². The van der Waals surface area contributed by atoms with Gasteiger partial charge in [0.15, 0.2) is 5.65 Å². The number of fused-ring (bicyclic) bond motifs is 1. The quantitative estimate of drug-likeness (QED) is 0.583. The molecule has 0 unspecified atom stereocenters. The molecular formula is C24H31ClN4O2. The molecule has 166 valence electrons. The van der Waals surface area contributed by atoms with E-state index in [-0.39, 0.29) is 12.7 Å². The minimum atomic E-state index is 0.115. The summed E-state index contributed by atoms with van der Waals surface area (Å²) in [7, 11) is 0. The summed E-state index contributed by atoms with van der Waals surface area (Å²) in [6.07, 6.45) is 12.4. The molecule has 2 fully saturated rings. The Kier molecular flexibility index (Phi) is 6.98. The van der Waals surface area contributed by atoms with Gasteiger partial charge in [0, 0.05) is 25.4 Å². The number of halogens is 1. The molecule has 1 aliphatic heterocycles. The maximum Gasteiger partial charge on any atom is 0.296 e. The van der Waals surface area contributed by atoms with E-state index in [1.54, 1.807) is 0 Å². The number of H-pyrrole nitrogens is 1. The van der Waals surface area contributed by atoms with E-state index in [1.807, 2.05) is 31.2 Å². The average Bonchev–Trinajstić information content (AvgIpc) is 3.44. The topological polar surface area (TPSA) is 74.3 Å². The molecule has 0 atom stereocenters. The van der Waals surface area contributed by atoms with Crippen molar-refractivity contribution in [2.45, 2.75) is 51.6 Å². The van der Waals surface area contributed by atoms with E-state index in [0.29, 0.717) is 28.3 Å². The summed E-state index contributed by atoms with van der Waals surface area (Å²) in [5, 5.41) is 9.87. The fraction of sp³-hybridized carbons (Fsp3) is 0.500. The molecule has 1 saturated carbocycles. The summed E-state index contributed by atoms with van der Waals surface area (Å²) in [5.74, 6) is 0.396. The number of ether oxygens (including phenoxy) is 1. The first kappa shape index (κ1) is 21.9. The second-order valence-electron chi connectivity index (χ2n) is 8.44. The molecule has 3 heterocycles. The third-order valence-corrected chi connectivity index (χ3v) is 6.58. The van der Waals surface area contributed by atoms with Crippen molar-refractivity contribution in [2.24, 2.45) is 5.92 Å². The number of nitrogens with zero attached hydrogens (tertiary/aromatic N) is 3. The van der Waals surface area contributed by atoms with Gasteiger partial charge in [-0.25, -0.2) is 4.98 Å². The van der Waals surface area contributed by atoms with Crippen molar-refractivity contribution in [3.8, 4) is 6.01 Å². The highest BCUT2D eigenvalue weighted by molar-refractivity contribution is 6.32. The minimum Gasteiger partial charge on any atom is -0.461 e. The second kappa shape index (κ2) is 9.88. The van der Waals surface area contributed by atoms with Crippen LogP contribution < -0.4 is 4.74 Å². The van der Waals surface area contributed by atoms with E-state index >= 15 is 0 Å². The Balaban J connectivity index is 1.49. The maximum absolute atomic E-state index is 9.31. The van der Waals surface area contributed by atoms with Crippen LogP contribution in [0.3, 0.4) is 0 Å². The van der Waals surface area contributed by atoms with Gasteiger partial charge in [-0.15, -0.1) is 0 Å². The number of nitrogens with one attached hydrogen (secondary N) is 1. The van der Waals surface area contributed by atoms with Crippen molar-refractivity contribution in [2.75, 3.05) is 19.7 Å². The average molecular weight is 443 g/mol. The van der Waals surface area contributed by atoms with Crippen molar-refractivity contribution < 1.29 is 9.84 Å². The number of hydrogen-bond donors (Lipinski definition) is 2. The van der Waals surface area contributed by atoms with E-state index in [0.717, 1.165) is 55.6 Å². The fourth-order valence-corrected chi connectivity index (χ4v) is 4.61. The van der Waals surface area contributed by atoms with Crippen molar-refractivity contribution in [3.05, 3.63) is 47.3 Å². The van der Waals surface area contributed by atoms with Gasteiger partial charge in [-0.05, 0) is 69.1 Å². The highest BCUT2D eigenvalue weighted by Crippen LogP contribution is 2.30. The zero-order chi connectivity index (χ0) is 21.8. The lowest BCUT2D eigenvalue weighted by Crippen LogP contribution is -2.25. The Morgan fingerprint density at radius 3 is 2.68 bits per heavy atom. The summed E-state index contributed by atoms with van der Waals surface area (Å²) in [5.41, 5.74) is 3.99.